The van der Waals surface area contributed by atoms with Crippen LogP contribution >= 0.6 is 11.6 Å². The fraction of sp³-hybridized carbons (Fsp3) is 0.125. The Bertz CT molecular complexity index is 296. The third-order valence-corrected chi connectivity index (χ3v) is 1.91. The minimum atomic E-state index is -0.511. The van der Waals surface area contributed by atoms with Crippen LogP contribution in [0.4, 0.5) is 4.39 Å². The van der Waals surface area contributed by atoms with Crippen LogP contribution in [0.2, 0.25) is 5.02 Å². The van der Waals surface area contributed by atoms with E-state index in [2.05, 4.69) is 0 Å². The zero-order chi connectivity index (χ0) is 8.43. The lowest BCUT2D eigenvalue weighted by atomic mass is 10.1. The largest absolute Gasteiger partial charge is 0.285 e. The van der Waals surface area contributed by atoms with Gasteiger partial charge in [-0.2, -0.15) is 0 Å². The van der Waals surface area contributed by atoms with Crippen molar-refractivity contribution in [3.05, 3.63) is 34.1 Å². The van der Waals surface area contributed by atoms with Gasteiger partial charge >= 0.3 is 0 Å². The van der Waals surface area contributed by atoms with E-state index in [1.165, 1.54) is 6.07 Å². The van der Waals surface area contributed by atoms with Crippen molar-refractivity contribution < 1.29 is 9.18 Å². The maximum atomic E-state index is 12.6. The van der Waals surface area contributed by atoms with Crippen LogP contribution in [0.25, 0.3) is 0 Å². The first-order valence-electron chi connectivity index (χ1n) is 2.99. The molecule has 1 aromatic carbocycles. The van der Waals surface area contributed by atoms with Crippen molar-refractivity contribution in [2.24, 2.45) is 0 Å². The van der Waals surface area contributed by atoms with Crippen molar-refractivity contribution in [1.29, 1.82) is 0 Å². The Hall–Kier alpha value is -0.890. The minimum absolute atomic E-state index is 0.00847. The van der Waals surface area contributed by atoms with Gasteiger partial charge in [-0.25, -0.2) is 4.39 Å². The summed E-state index contributed by atoms with van der Waals surface area (Å²) < 4.78 is 12.6. The maximum Gasteiger partial charge on any atom is 0.233 e. The van der Waals surface area contributed by atoms with E-state index in [9.17, 15) is 9.18 Å². The summed E-state index contributed by atoms with van der Waals surface area (Å²) in [6.07, 6.45) is 1.66. The van der Waals surface area contributed by atoms with Crippen molar-refractivity contribution in [3.8, 4) is 0 Å². The van der Waals surface area contributed by atoms with Gasteiger partial charge < -0.3 is 0 Å². The molecule has 0 N–H and O–H groups in total. The van der Waals surface area contributed by atoms with E-state index >= 15 is 0 Å². The van der Waals surface area contributed by atoms with Crippen LogP contribution in [0.1, 0.15) is 11.1 Å². The van der Waals surface area contributed by atoms with Crippen LogP contribution in [-0.2, 0) is 4.79 Å². The van der Waals surface area contributed by atoms with Crippen molar-refractivity contribution in [2.75, 3.05) is 0 Å². The van der Waals surface area contributed by atoms with Gasteiger partial charge in [0.15, 0.2) is 0 Å². The first-order valence-corrected chi connectivity index (χ1v) is 3.37. The number of benzene rings is 1. The van der Waals surface area contributed by atoms with E-state index in [1.54, 1.807) is 13.2 Å². The van der Waals surface area contributed by atoms with Crippen LogP contribution in [0, 0.1) is 12.7 Å². The van der Waals surface area contributed by atoms with Crippen LogP contribution in [0.3, 0.4) is 0 Å². The lowest BCUT2D eigenvalue weighted by Gasteiger charge is -2.00. The molecule has 0 heterocycles. The molecule has 1 radical (unpaired) electrons. The Balaban J connectivity index is 3.36. The van der Waals surface area contributed by atoms with Crippen LogP contribution in [0.5, 0.6) is 0 Å². The van der Waals surface area contributed by atoms with Gasteiger partial charge in [0.2, 0.25) is 6.29 Å². The zero-order valence-electron chi connectivity index (χ0n) is 5.82. The van der Waals surface area contributed by atoms with Gasteiger partial charge in [-0.1, -0.05) is 11.6 Å². The predicted octanol–water partition coefficient (Wildman–Crippen LogP) is 2.25. The molecule has 0 atom stereocenters. The molecule has 0 bridgehead atoms. The molecule has 0 saturated heterocycles. The molecule has 0 aromatic heterocycles. The van der Waals surface area contributed by atoms with Gasteiger partial charge in [0.05, 0.1) is 5.02 Å². The smallest absolute Gasteiger partial charge is 0.233 e. The summed E-state index contributed by atoms with van der Waals surface area (Å²) in [7, 11) is 0. The highest BCUT2D eigenvalue weighted by molar-refractivity contribution is 6.31. The summed E-state index contributed by atoms with van der Waals surface area (Å²) >= 11 is 5.51. The standard InChI is InChI=1S/C8H5ClFO/c1-5-6(4-11)2-3-7(10)8(5)9/h2-3H,1H3. The quantitative estimate of drug-likeness (QED) is 0.634. The molecule has 0 aliphatic rings. The minimum Gasteiger partial charge on any atom is -0.285 e. The average Bonchev–Trinajstić information content (AvgIpc) is 2.01. The van der Waals surface area contributed by atoms with Crippen molar-refractivity contribution in [2.45, 2.75) is 6.92 Å². The van der Waals surface area contributed by atoms with E-state index in [-0.39, 0.29) is 5.02 Å². The summed E-state index contributed by atoms with van der Waals surface area (Å²) in [5.41, 5.74) is 0.734. The number of hydrogen-bond acceptors (Lipinski definition) is 1. The summed E-state index contributed by atoms with van der Waals surface area (Å²) in [4.78, 5) is 10.2. The molecule has 1 rings (SSSR count). The molecule has 0 saturated carbocycles. The second kappa shape index (κ2) is 3.01. The van der Waals surface area contributed by atoms with E-state index < -0.39 is 5.82 Å². The van der Waals surface area contributed by atoms with Gasteiger partial charge in [-0.15, -0.1) is 0 Å². The lowest BCUT2D eigenvalue weighted by molar-refractivity contribution is 0.562. The highest BCUT2D eigenvalue weighted by atomic mass is 35.5. The van der Waals surface area contributed by atoms with Crippen LogP contribution in [0.15, 0.2) is 12.1 Å². The topological polar surface area (TPSA) is 17.1 Å². The monoisotopic (exact) mass is 171 g/mol. The molecule has 3 heteroatoms. The van der Waals surface area contributed by atoms with Gasteiger partial charge in [-0.05, 0) is 24.6 Å². The van der Waals surface area contributed by atoms with E-state index in [1.807, 2.05) is 0 Å². The molecule has 0 unspecified atom stereocenters. The normalized spacial score (nSPS) is 9.73. The second-order valence-electron chi connectivity index (χ2n) is 2.14. The Morgan fingerprint density at radius 1 is 1.55 bits per heavy atom. The molecule has 11 heavy (non-hydrogen) atoms. The van der Waals surface area contributed by atoms with Crippen LogP contribution < -0.4 is 0 Å². The number of rotatable bonds is 1. The molecule has 0 aliphatic carbocycles. The summed E-state index contributed by atoms with van der Waals surface area (Å²) in [5, 5.41) is -0.00847. The number of hydrogen-bond donors (Lipinski definition) is 0. The maximum absolute atomic E-state index is 12.6. The van der Waals surface area contributed by atoms with Crippen molar-refractivity contribution in [1.82, 2.24) is 0 Å². The molecule has 1 aromatic rings. The third-order valence-electron chi connectivity index (χ3n) is 1.45. The number of carbonyl (C=O) groups excluding carboxylic acids is 1. The summed E-state index contributed by atoms with van der Waals surface area (Å²) in [6.45, 7) is 1.58. The van der Waals surface area contributed by atoms with Crippen LogP contribution in [-0.4, -0.2) is 6.29 Å². The second-order valence-corrected chi connectivity index (χ2v) is 2.51. The summed E-state index contributed by atoms with van der Waals surface area (Å²) in [6, 6.07) is 2.50. The molecular weight excluding hydrogens is 167 g/mol. The Morgan fingerprint density at radius 2 is 2.18 bits per heavy atom. The number of halogens is 2. The predicted molar refractivity (Wildman–Crippen MR) is 40.9 cm³/mol. The Labute approximate surface area is 68.8 Å². The van der Waals surface area contributed by atoms with Crippen molar-refractivity contribution in [3.63, 3.8) is 0 Å². The molecule has 0 aliphatic heterocycles. The third kappa shape index (κ3) is 1.40. The fourth-order valence-electron chi connectivity index (χ4n) is 0.763. The fourth-order valence-corrected chi connectivity index (χ4v) is 0.927. The highest BCUT2D eigenvalue weighted by Crippen LogP contribution is 2.21. The molecule has 0 amide bonds. The molecule has 57 valence electrons. The first kappa shape index (κ1) is 8.21. The van der Waals surface area contributed by atoms with Crippen molar-refractivity contribution >= 4 is 17.9 Å². The van der Waals surface area contributed by atoms with Gasteiger partial charge in [0.25, 0.3) is 0 Å². The van der Waals surface area contributed by atoms with Gasteiger partial charge in [0, 0.05) is 5.56 Å². The van der Waals surface area contributed by atoms with Gasteiger partial charge in [-0.3, -0.25) is 4.79 Å². The van der Waals surface area contributed by atoms with E-state index in [0.717, 1.165) is 6.07 Å². The van der Waals surface area contributed by atoms with E-state index in [0.29, 0.717) is 11.1 Å². The first-order chi connectivity index (χ1) is 5.16. The van der Waals surface area contributed by atoms with Gasteiger partial charge in [0.1, 0.15) is 5.82 Å². The Morgan fingerprint density at radius 3 is 2.73 bits per heavy atom. The molecule has 0 spiro atoms. The average molecular weight is 172 g/mol. The molecule has 1 nitrogen and oxygen atoms in total. The SMILES string of the molecule is Cc1c([C]=O)ccc(F)c1Cl. The highest BCUT2D eigenvalue weighted by Gasteiger charge is 2.06. The Kier molecular flexibility index (Phi) is 2.25. The zero-order valence-corrected chi connectivity index (χ0v) is 6.57. The lowest BCUT2D eigenvalue weighted by Crippen LogP contribution is -1.89. The molecule has 0 fully saturated rings. The van der Waals surface area contributed by atoms with E-state index in [4.69, 9.17) is 11.6 Å². The molecular formula is C8H5ClFO. The summed E-state index contributed by atoms with van der Waals surface area (Å²) in [5.74, 6) is -0.511.